The fourth-order valence-corrected chi connectivity index (χ4v) is 3.53. The maximum absolute atomic E-state index is 14.5. The second-order valence-electron chi connectivity index (χ2n) is 7.70. The van der Waals surface area contributed by atoms with Crippen molar-refractivity contribution in [3.8, 4) is 22.5 Å². The molecule has 4 aromatic rings. The number of likely N-dealkylation sites (N-methyl/N-ethyl adjacent to an activating group) is 1. The molecule has 0 amide bonds. The van der Waals surface area contributed by atoms with Gasteiger partial charge in [0, 0.05) is 42.7 Å². The Kier molecular flexibility index (Phi) is 5.88. The van der Waals surface area contributed by atoms with Gasteiger partial charge in [-0.25, -0.2) is 8.91 Å². The Morgan fingerprint density at radius 1 is 1.07 bits per heavy atom. The fraction of sp³-hybridized carbons (Fsp3) is 0.250. The zero-order valence-corrected chi connectivity index (χ0v) is 17.6. The summed E-state index contributed by atoms with van der Waals surface area (Å²) in [6, 6.07) is 17.2. The molecule has 6 heteroatoms. The first-order chi connectivity index (χ1) is 14.5. The van der Waals surface area contributed by atoms with Crippen LogP contribution in [0.15, 0.2) is 60.8 Å². The largest absolute Gasteiger partial charge is 0.311 e. The molecule has 0 saturated carbocycles. The number of halogens is 1. The lowest BCUT2D eigenvalue weighted by molar-refractivity contribution is 0.399. The number of rotatable bonds is 7. The third-order valence-electron chi connectivity index (χ3n) is 5.06. The van der Waals surface area contributed by atoms with E-state index in [0.717, 1.165) is 46.8 Å². The summed E-state index contributed by atoms with van der Waals surface area (Å²) >= 11 is 0. The van der Waals surface area contributed by atoms with Crippen molar-refractivity contribution in [1.82, 2.24) is 24.8 Å². The van der Waals surface area contributed by atoms with Crippen LogP contribution in [0.5, 0.6) is 0 Å². The maximum Gasteiger partial charge on any atom is 0.127 e. The fourth-order valence-electron chi connectivity index (χ4n) is 3.53. The van der Waals surface area contributed by atoms with E-state index in [1.807, 2.05) is 80.3 Å². The predicted molar refractivity (Wildman–Crippen MR) is 119 cm³/mol. The molecule has 3 heterocycles. The number of aryl methyl sites for hydroxylation is 1. The highest BCUT2D eigenvalue weighted by molar-refractivity contribution is 5.91. The molecule has 0 atom stereocenters. The number of aromatic nitrogens is 3. The Labute approximate surface area is 176 Å². The van der Waals surface area contributed by atoms with Crippen molar-refractivity contribution >= 4 is 5.52 Å². The van der Waals surface area contributed by atoms with Crippen molar-refractivity contribution in [3.63, 3.8) is 0 Å². The Morgan fingerprint density at radius 3 is 2.73 bits per heavy atom. The highest BCUT2D eigenvalue weighted by atomic mass is 19.1. The van der Waals surface area contributed by atoms with Crippen LogP contribution in [0.25, 0.3) is 28.0 Å². The van der Waals surface area contributed by atoms with Gasteiger partial charge in [0.25, 0.3) is 0 Å². The average molecular weight is 404 g/mol. The summed E-state index contributed by atoms with van der Waals surface area (Å²) in [6.07, 6.45) is 1.92. The third-order valence-corrected chi connectivity index (χ3v) is 5.06. The summed E-state index contributed by atoms with van der Waals surface area (Å²) in [6.45, 7) is 4.14. The number of nitrogens with one attached hydrogen (secondary N) is 1. The molecule has 0 unspecified atom stereocenters. The van der Waals surface area contributed by atoms with E-state index in [2.05, 4.69) is 15.2 Å². The lowest BCUT2D eigenvalue weighted by atomic mass is 9.99. The normalized spacial score (nSPS) is 11.5. The van der Waals surface area contributed by atoms with Gasteiger partial charge in [-0.3, -0.25) is 4.98 Å². The molecule has 1 aromatic carbocycles. The van der Waals surface area contributed by atoms with Crippen LogP contribution in [0.3, 0.4) is 0 Å². The number of nitrogens with zero attached hydrogens (tertiary/aromatic N) is 4. The van der Waals surface area contributed by atoms with Crippen LogP contribution in [0.4, 0.5) is 4.39 Å². The Bertz CT molecular complexity index is 1170. The molecule has 0 aliphatic rings. The van der Waals surface area contributed by atoms with E-state index in [1.54, 1.807) is 0 Å². The molecule has 0 aliphatic heterocycles. The molecule has 0 saturated heterocycles. The van der Waals surface area contributed by atoms with E-state index in [9.17, 15) is 4.39 Å². The monoisotopic (exact) mass is 403 g/mol. The SMILES string of the molecule is Cc1cccc(-c2nn3ccccc3c2-c2ccc(F)c(CNCCN(C)C)c2)n1. The van der Waals surface area contributed by atoms with Crippen molar-refractivity contribution in [2.45, 2.75) is 13.5 Å². The van der Waals surface area contributed by atoms with Gasteiger partial charge in [-0.05, 0) is 63.0 Å². The van der Waals surface area contributed by atoms with Crippen molar-refractivity contribution in [1.29, 1.82) is 0 Å². The van der Waals surface area contributed by atoms with E-state index >= 15 is 0 Å². The average Bonchev–Trinajstić information content (AvgIpc) is 3.12. The first-order valence-corrected chi connectivity index (χ1v) is 10.1. The highest BCUT2D eigenvalue weighted by Gasteiger charge is 2.18. The first-order valence-electron chi connectivity index (χ1n) is 10.1. The van der Waals surface area contributed by atoms with Crippen LogP contribution < -0.4 is 5.32 Å². The minimum absolute atomic E-state index is 0.206. The van der Waals surface area contributed by atoms with Crippen molar-refractivity contribution in [2.75, 3.05) is 27.2 Å². The summed E-state index contributed by atoms with van der Waals surface area (Å²) in [7, 11) is 4.05. The molecular formula is C24H26FN5. The molecule has 5 nitrogen and oxygen atoms in total. The molecule has 0 bridgehead atoms. The molecule has 0 aliphatic carbocycles. The van der Waals surface area contributed by atoms with Crippen LogP contribution >= 0.6 is 0 Å². The minimum Gasteiger partial charge on any atom is -0.311 e. The third kappa shape index (κ3) is 4.25. The van der Waals surface area contributed by atoms with Crippen molar-refractivity contribution < 1.29 is 4.39 Å². The van der Waals surface area contributed by atoms with Gasteiger partial charge in [0.1, 0.15) is 11.5 Å². The molecule has 1 N–H and O–H groups in total. The van der Waals surface area contributed by atoms with Crippen LogP contribution in [0.2, 0.25) is 0 Å². The Hall–Kier alpha value is -3.09. The highest BCUT2D eigenvalue weighted by Crippen LogP contribution is 2.35. The van der Waals surface area contributed by atoms with Gasteiger partial charge in [-0.1, -0.05) is 18.2 Å². The molecule has 154 valence electrons. The van der Waals surface area contributed by atoms with Crippen LogP contribution in [-0.4, -0.2) is 46.7 Å². The van der Waals surface area contributed by atoms with Gasteiger partial charge in [0.05, 0.1) is 11.2 Å². The van der Waals surface area contributed by atoms with Gasteiger partial charge in [-0.2, -0.15) is 5.10 Å². The zero-order chi connectivity index (χ0) is 21.1. The van der Waals surface area contributed by atoms with Crippen molar-refractivity contribution in [2.24, 2.45) is 0 Å². The lowest BCUT2D eigenvalue weighted by Gasteiger charge is -2.12. The number of pyridine rings is 2. The predicted octanol–water partition coefficient (Wildman–Crippen LogP) is 4.16. The summed E-state index contributed by atoms with van der Waals surface area (Å²) in [5.74, 6) is -0.206. The van der Waals surface area contributed by atoms with E-state index < -0.39 is 0 Å². The standard InChI is InChI=1S/C24H26FN5/c1-17-7-6-8-21(27-17)24-23(22-9-4-5-13-30(22)28-24)18-10-11-20(25)19(15-18)16-26-12-14-29(2)3/h4-11,13,15,26H,12,14,16H2,1-3H3. The lowest BCUT2D eigenvalue weighted by Crippen LogP contribution is -2.26. The smallest absolute Gasteiger partial charge is 0.127 e. The molecule has 0 spiro atoms. The summed E-state index contributed by atoms with van der Waals surface area (Å²) in [5.41, 5.74) is 6.04. The second-order valence-corrected chi connectivity index (χ2v) is 7.70. The zero-order valence-electron chi connectivity index (χ0n) is 17.6. The summed E-state index contributed by atoms with van der Waals surface area (Å²) in [5, 5.41) is 8.11. The number of hydrogen-bond donors (Lipinski definition) is 1. The molecule has 3 aromatic heterocycles. The molecule has 0 radical (unpaired) electrons. The molecule has 4 rings (SSSR count). The summed E-state index contributed by atoms with van der Waals surface area (Å²) < 4.78 is 16.4. The first kappa shape index (κ1) is 20.2. The van der Waals surface area contributed by atoms with Gasteiger partial charge in [-0.15, -0.1) is 0 Å². The topological polar surface area (TPSA) is 45.5 Å². The quantitative estimate of drug-likeness (QED) is 0.471. The van der Waals surface area contributed by atoms with E-state index in [-0.39, 0.29) is 5.82 Å². The number of hydrogen-bond acceptors (Lipinski definition) is 4. The van der Waals surface area contributed by atoms with Crippen LogP contribution in [0.1, 0.15) is 11.3 Å². The summed E-state index contributed by atoms with van der Waals surface area (Å²) in [4.78, 5) is 6.77. The van der Waals surface area contributed by atoms with Gasteiger partial charge in [0.15, 0.2) is 0 Å². The van der Waals surface area contributed by atoms with E-state index in [0.29, 0.717) is 12.1 Å². The Balaban J connectivity index is 1.77. The Morgan fingerprint density at radius 2 is 1.93 bits per heavy atom. The van der Waals surface area contributed by atoms with Gasteiger partial charge in [0.2, 0.25) is 0 Å². The van der Waals surface area contributed by atoms with E-state index in [4.69, 9.17) is 5.10 Å². The maximum atomic E-state index is 14.5. The molecule has 0 fully saturated rings. The number of fused-ring (bicyclic) bond motifs is 1. The number of benzene rings is 1. The van der Waals surface area contributed by atoms with Crippen molar-refractivity contribution in [3.05, 3.63) is 77.9 Å². The van der Waals surface area contributed by atoms with Gasteiger partial charge >= 0.3 is 0 Å². The van der Waals surface area contributed by atoms with Crippen LogP contribution in [-0.2, 0) is 6.54 Å². The van der Waals surface area contributed by atoms with Gasteiger partial charge < -0.3 is 10.2 Å². The van der Waals surface area contributed by atoms with Crippen LogP contribution in [0, 0.1) is 12.7 Å². The second kappa shape index (κ2) is 8.73. The molecule has 30 heavy (non-hydrogen) atoms. The van der Waals surface area contributed by atoms with E-state index in [1.165, 1.54) is 6.07 Å². The molecular weight excluding hydrogens is 377 g/mol. The minimum atomic E-state index is -0.206.